The van der Waals surface area contributed by atoms with E-state index in [0.29, 0.717) is 0 Å². The summed E-state index contributed by atoms with van der Waals surface area (Å²) in [5, 5.41) is 13.1. The van der Waals surface area contributed by atoms with Gasteiger partial charge in [0.25, 0.3) is 11.6 Å². The maximum atomic E-state index is 12.1. The first-order valence-corrected chi connectivity index (χ1v) is 6.53. The smallest absolute Gasteiger partial charge is 0.290 e. The summed E-state index contributed by atoms with van der Waals surface area (Å²) in [6, 6.07) is 2.23. The number of hydrogen-bond donors (Lipinski definition) is 2. The zero-order chi connectivity index (χ0) is 16.4. The Morgan fingerprint density at radius 2 is 1.95 bits per heavy atom. The molecule has 0 saturated carbocycles. The molecule has 0 spiro atoms. The number of halogens is 2. The standard InChI is InChI=1S/C12H13Cl2N3O4/c1-12(2,5-9(15)18)16-11(19)6-3-7(13)10(14)8(4-6)17(20)21/h3-4H,5H2,1-2H3,(H2,15,18)(H,16,19). The first kappa shape index (κ1) is 17.2. The lowest BCUT2D eigenvalue weighted by molar-refractivity contribution is -0.384. The zero-order valence-corrected chi connectivity index (χ0v) is 12.8. The predicted octanol–water partition coefficient (Wildman–Crippen LogP) is 2.29. The summed E-state index contributed by atoms with van der Waals surface area (Å²) in [6.45, 7) is 3.20. The van der Waals surface area contributed by atoms with Gasteiger partial charge in [-0.05, 0) is 19.9 Å². The van der Waals surface area contributed by atoms with Gasteiger partial charge < -0.3 is 11.1 Å². The summed E-state index contributed by atoms with van der Waals surface area (Å²) in [7, 11) is 0. The highest BCUT2D eigenvalue weighted by molar-refractivity contribution is 6.43. The molecule has 1 aromatic carbocycles. The van der Waals surface area contributed by atoms with Gasteiger partial charge in [0.2, 0.25) is 5.91 Å². The molecular weight excluding hydrogens is 321 g/mol. The van der Waals surface area contributed by atoms with Crippen LogP contribution in [0.1, 0.15) is 30.6 Å². The van der Waals surface area contributed by atoms with Gasteiger partial charge >= 0.3 is 0 Å². The van der Waals surface area contributed by atoms with Crippen molar-refractivity contribution in [3.8, 4) is 0 Å². The fourth-order valence-corrected chi connectivity index (χ4v) is 2.09. The third-order valence-corrected chi connectivity index (χ3v) is 3.33. The number of nitrogens with one attached hydrogen (secondary N) is 1. The molecule has 0 heterocycles. The van der Waals surface area contributed by atoms with Crippen LogP contribution in [-0.2, 0) is 4.79 Å². The van der Waals surface area contributed by atoms with Crippen molar-refractivity contribution in [1.82, 2.24) is 5.32 Å². The van der Waals surface area contributed by atoms with Gasteiger partial charge in [-0.3, -0.25) is 19.7 Å². The van der Waals surface area contributed by atoms with Crippen LogP contribution in [0.5, 0.6) is 0 Å². The molecule has 7 nitrogen and oxygen atoms in total. The van der Waals surface area contributed by atoms with E-state index in [1.807, 2.05) is 0 Å². The molecule has 0 aromatic heterocycles. The molecule has 21 heavy (non-hydrogen) atoms. The van der Waals surface area contributed by atoms with E-state index in [-0.39, 0.29) is 22.0 Å². The normalized spacial score (nSPS) is 11.0. The summed E-state index contributed by atoms with van der Waals surface area (Å²) >= 11 is 11.5. The summed E-state index contributed by atoms with van der Waals surface area (Å²) in [6.07, 6.45) is -0.0812. The van der Waals surface area contributed by atoms with E-state index in [2.05, 4.69) is 5.32 Å². The van der Waals surface area contributed by atoms with Crippen molar-refractivity contribution in [2.45, 2.75) is 25.8 Å². The van der Waals surface area contributed by atoms with Gasteiger partial charge in [-0.25, -0.2) is 0 Å². The number of carbonyl (C=O) groups excluding carboxylic acids is 2. The molecule has 0 atom stereocenters. The Morgan fingerprint density at radius 3 is 2.43 bits per heavy atom. The Kier molecular flexibility index (Phi) is 5.14. The maximum Gasteiger partial charge on any atom is 0.290 e. The highest BCUT2D eigenvalue weighted by Gasteiger charge is 2.26. The van der Waals surface area contributed by atoms with Crippen LogP contribution >= 0.6 is 23.2 Å². The van der Waals surface area contributed by atoms with Crippen molar-refractivity contribution < 1.29 is 14.5 Å². The number of nitrogens with zero attached hydrogens (tertiary/aromatic N) is 1. The third-order valence-electron chi connectivity index (χ3n) is 2.54. The molecule has 0 fully saturated rings. The number of rotatable bonds is 5. The fraction of sp³-hybridized carbons (Fsp3) is 0.333. The van der Waals surface area contributed by atoms with Crippen LogP contribution in [0.3, 0.4) is 0 Å². The second-order valence-electron chi connectivity index (χ2n) is 5.03. The summed E-state index contributed by atoms with van der Waals surface area (Å²) < 4.78 is 0. The van der Waals surface area contributed by atoms with Crippen molar-refractivity contribution in [3.05, 3.63) is 37.9 Å². The second-order valence-corrected chi connectivity index (χ2v) is 5.81. The molecule has 0 aliphatic carbocycles. The molecule has 1 rings (SSSR count). The first-order chi connectivity index (χ1) is 9.53. The molecule has 114 valence electrons. The fourth-order valence-electron chi connectivity index (χ4n) is 1.70. The first-order valence-electron chi connectivity index (χ1n) is 5.78. The van der Waals surface area contributed by atoms with Crippen LogP contribution in [0.4, 0.5) is 5.69 Å². The van der Waals surface area contributed by atoms with Crippen molar-refractivity contribution in [2.75, 3.05) is 0 Å². The largest absolute Gasteiger partial charge is 0.370 e. The summed E-state index contributed by atoms with van der Waals surface area (Å²) in [4.78, 5) is 33.1. The van der Waals surface area contributed by atoms with Crippen LogP contribution in [0.25, 0.3) is 0 Å². The van der Waals surface area contributed by atoms with Gasteiger partial charge in [0, 0.05) is 23.6 Å². The number of hydrogen-bond acceptors (Lipinski definition) is 4. The number of amides is 2. The van der Waals surface area contributed by atoms with Gasteiger partial charge in [-0.2, -0.15) is 0 Å². The lowest BCUT2D eigenvalue weighted by Crippen LogP contribution is -2.46. The van der Waals surface area contributed by atoms with Crippen LogP contribution in [0.2, 0.25) is 10.0 Å². The SMILES string of the molecule is CC(C)(CC(N)=O)NC(=O)c1cc(Cl)c(Cl)c([N+](=O)[O-])c1. The van der Waals surface area contributed by atoms with Gasteiger partial charge in [0.15, 0.2) is 0 Å². The lowest BCUT2D eigenvalue weighted by atomic mass is 9.99. The topological polar surface area (TPSA) is 115 Å². The minimum absolute atomic E-state index is 0.0337. The lowest BCUT2D eigenvalue weighted by Gasteiger charge is -2.24. The van der Waals surface area contributed by atoms with Gasteiger partial charge in [0.1, 0.15) is 5.02 Å². The molecule has 9 heteroatoms. The Balaban J connectivity index is 3.09. The Hall–Kier alpha value is -1.86. The Labute approximate surface area is 130 Å². The molecule has 0 aliphatic heterocycles. The van der Waals surface area contributed by atoms with Gasteiger partial charge in [0.05, 0.1) is 9.95 Å². The number of carbonyl (C=O) groups is 2. The summed E-state index contributed by atoms with van der Waals surface area (Å²) in [5.74, 6) is -1.21. The average molecular weight is 334 g/mol. The van der Waals surface area contributed by atoms with Crippen molar-refractivity contribution >= 4 is 40.7 Å². The summed E-state index contributed by atoms with van der Waals surface area (Å²) in [5.41, 5.74) is 3.68. The monoisotopic (exact) mass is 333 g/mol. The number of nitro benzene ring substituents is 1. The van der Waals surface area contributed by atoms with E-state index in [0.717, 1.165) is 6.07 Å². The molecule has 0 aliphatic rings. The van der Waals surface area contributed by atoms with Crippen molar-refractivity contribution in [2.24, 2.45) is 5.73 Å². The number of nitro groups is 1. The zero-order valence-electron chi connectivity index (χ0n) is 11.3. The quantitative estimate of drug-likeness (QED) is 0.635. The van der Waals surface area contributed by atoms with Gasteiger partial charge in [-0.15, -0.1) is 0 Å². The van der Waals surface area contributed by atoms with E-state index in [1.165, 1.54) is 6.07 Å². The molecule has 1 aromatic rings. The molecule has 0 radical (unpaired) electrons. The predicted molar refractivity (Wildman–Crippen MR) is 78.5 cm³/mol. The molecule has 2 amide bonds. The molecule has 0 saturated heterocycles. The minimum Gasteiger partial charge on any atom is -0.370 e. The van der Waals surface area contributed by atoms with E-state index in [9.17, 15) is 19.7 Å². The Morgan fingerprint density at radius 1 is 1.38 bits per heavy atom. The van der Waals surface area contributed by atoms with Crippen LogP contribution in [0, 0.1) is 10.1 Å². The highest BCUT2D eigenvalue weighted by Crippen LogP contribution is 2.33. The van der Waals surface area contributed by atoms with Crippen molar-refractivity contribution in [3.63, 3.8) is 0 Å². The van der Waals surface area contributed by atoms with Crippen LogP contribution in [-0.4, -0.2) is 22.3 Å². The number of primary amides is 1. The third kappa shape index (κ3) is 4.57. The van der Waals surface area contributed by atoms with Gasteiger partial charge in [-0.1, -0.05) is 23.2 Å². The van der Waals surface area contributed by atoms with E-state index >= 15 is 0 Å². The maximum absolute atomic E-state index is 12.1. The second kappa shape index (κ2) is 6.28. The van der Waals surface area contributed by atoms with E-state index in [1.54, 1.807) is 13.8 Å². The van der Waals surface area contributed by atoms with Crippen LogP contribution < -0.4 is 11.1 Å². The van der Waals surface area contributed by atoms with E-state index in [4.69, 9.17) is 28.9 Å². The van der Waals surface area contributed by atoms with E-state index < -0.39 is 28.0 Å². The average Bonchev–Trinajstić information content (AvgIpc) is 2.29. The molecule has 3 N–H and O–H groups in total. The number of nitrogens with two attached hydrogens (primary N) is 1. The Bertz CT molecular complexity index is 617. The van der Waals surface area contributed by atoms with Crippen LogP contribution in [0.15, 0.2) is 12.1 Å². The minimum atomic E-state index is -0.899. The van der Waals surface area contributed by atoms with Crippen molar-refractivity contribution in [1.29, 1.82) is 0 Å². The molecule has 0 bridgehead atoms. The molecule has 0 unspecified atom stereocenters. The highest BCUT2D eigenvalue weighted by atomic mass is 35.5. The molecular formula is C12H13Cl2N3O4. The number of benzene rings is 1.